The second-order valence-electron chi connectivity index (χ2n) is 8.43. The summed E-state index contributed by atoms with van der Waals surface area (Å²) in [6.07, 6.45) is 0.590. The maximum atomic E-state index is 13.0. The average Bonchev–Trinajstić information content (AvgIpc) is 3.17. The summed E-state index contributed by atoms with van der Waals surface area (Å²) in [5.74, 6) is -3.42. The molecule has 0 radical (unpaired) electrons. The number of rotatable bonds is 5. The molecule has 2 aliphatic rings. The minimum atomic E-state index is -3.42. The summed E-state index contributed by atoms with van der Waals surface area (Å²) in [6.45, 7) is 3.23. The maximum absolute atomic E-state index is 13.0. The minimum absolute atomic E-state index is 0.0201. The highest BCUT2D eigenvalue weighted by molar-refractivity contribution is 7.91. The molecule has 182 valence electrons. The Hall–Kier alpha value is -3.86. The topological polar surface area (TPSA) is 138 Å². The smallest absolute Gasteiger partial charge is 0.273 e. The molecule has 0 aromatic heterocycles. The highest BCUT2D eigenvalue weighted by atomic mass is 32.2. The van der Waals surface area contributed by atoms with Gasteiger partial charge in [0, 0.05) is 29.0 Å². The molecule has 2 aromatic carbocycles. The number of amides is 5. The molecule has 5 amide bonds. The molecule has 35 heavy (non-hydrogen) atoms. The first kappa shape index (κ1) is 24.3. The van der Waals surface area contributed by atoms with Crippen molar-refractivity contribution < 1.29 is 32.4 Å². The van der Waals surface area contributed by atoms with Crippen LogP contribution < -0.4 is 5.32 Å². The summed E-state index contributed by atoms with van der Waals surface area (Å²) < 4.78 is 23.8. The summed E-state index contributed by atoms with van der Waals surface area (Å²) in [5, 5.41) is 4.19. The monoisotopic (exact) mass is 497 g/mol. The van der Waals surface area contributed by atoms with Gasteiger partial charge in [0.05, 0.1) is 17.2 Å². The van der Waals surface area contributed by atoms with E-state index in [4.69, 9.17) is 0 Å². The van der Waals surface area contributed by atoms with Gasteiger partial charge in [0.25, 0.3) is 23.6 Å². The zero-order valence-corrected chi connectivity index (χ0v) is 19.9. The molecule has 2 heterocycles. The van der Waals surface area contributed by atoms with E-state index in [0.29, 0.717) is 12.0 Å². The first-order valence-electron chi connectivity index (χ1n) is 11.0. The zero-order valence-electron chi connectivity index (χ0n) is 19.1. The van der Waals surface area contributed by atoms with Gasteiger partial charge in [0.1, 0.15) is 0 Å². The van der Waals surface area contributed by atoms with Gasteiger partial charge in [-0.1, -0.05) is 19.9 Å². The van der Waals surface area contributed by atoms with E-state index in [-0.39, 0.29) is 46.2 Å². The van der Waals surface area contributed by atoms with Gasteiger partial charge >= 0.3 is 0 Å². The number of carbonyl (C=O) groups is 5. The predicted molar refractivity (Wildman–Crippen MR) is 123 cm³/mol. The highest BCUT2D eigenvalue weighted by Gasteiger charge is 2.41. The third-order valence-corrected chi connectivity index (χ3v) is 7.89. The first-order chi connectivity index (χ1) is 16.5. The molecule has 2 aromatic rings. The fourth-order valence-corrected chi connectivity index (χ4v) is 4.85. The zero-order chi connectivity index (χ0) is 25.5. The average molecular weight is 498 g/mol. The third kappa shape index (κ3) is 4.46. The summed E-state index contributed by atoms with van der Waals surface area (Å²) in [5.41, 5.74) is 0.845. The number of carbonyl (C=O) groups excluding carboxylic acids is 5. The van der Waals surface area contributed by atoms with Gasteiger partial charge in [0.15, 0.2) is 9.84 Å². The molecule has 10 nitrogen and oxygen atoms in total. The number of nitrogens with zero attached hydrogens (tertiary/aromatic N) is 2. The number of sulfone groups is 1. The van der Waals surface area contributed by atoms with Gasteiger partial charge in [-0.25, -0.2) is 13.4 Å². The molecule has 0 bridgehead atoms. The van der Waals surface area contributed by atoms with E-state index in [2.05, 4.69) is 5.32 Å². The lowest BCUT2D eigenvalue weighted by atomic mass is 10.00. The van der Waals surface area contributed by atoms with Crippen molar-refractivity contribution in [3.63, 3.8) is 0 Å². The Morgan fingerprint density at radius 1 is 1.00 bits per heavy atom. The van der Waals surface area contributed by atoms with Gasteiger partial charge in [-0.15, -0.1) is 0 Å². The molecule has 1 N–H and O–H groups in total. The van der Waals surface area contributed by atoms with E-state index >= 15 is 0 Å². The van der Waals surface area contributed by atoms with Crippen LogP contribution in [0, 0.1) is 5.92 Å². The van der Waals surface area contributed by atoms with E-state index in [0.717, 1.165) is 10.0 Å². The Morgan fingerprint density at radius 3 is 2.29 bits per heavy atom. The van der Waals surface area contributed by atoms with Crippen LogP contribution in [-0.4, -0.2) is 53.7 Å². The lowest BCUT2D eigenvalue weighted by Crippen LogP contribution is -2.54. The number of hydrogen-bond acceptors (Lipinski definition) is 7. The molecule has 0 saturated carbocycles. The van der Waals surface area contributed by atoms with E-state index in [1.165, 1.54) is 43.3 Å². The van der Waals surface area contributed by atoms with Gasteiger partial charge in [-0.3, -0.25) is 29.3 Å². The van der Waals surface area contributed by atoms with Crippen LogP contribution in [0.25, 0.3) is 0 Å². The van der Waals surface area contributed by atoms with Crippen LogP contribution in [0.2, 0.25) is 0 Å². The molecule has 1 unspecified atom stereocenters. The first-order valence-corrected chi connectivity index (χ1v) is 12.7. The Balaban J connectivity index is 1.49. The van der Waals surface area contributed by atoms with E-state index in [9.17, 15) is 32.4 Å². The Kier molecular flexibility index (Phi) is 6.28. The number of benzene rings is 2. The molecule has 1 saturated heterocycles. The Labute approximate surface area is 201 Å². The number of fused-ring (bicyclic) bond motifs is 1. The van der Waals surface area contributed by atoms with Gasteiger partial charge < -0.3 is 0 Å². The van der Waals surface area contributed by atoms with Crippen LogP contribution >= 0.6 is 0 Å². The lowest BCUT2D eigenvalue weighted by Gasteiger charge is -2.34. The van der Waals surface area contributed by atoms with Crippen LogP contribution in [0.3, 0.4) is 0 Å². The number of hydrazine groups is 1. The van der Waals surface area contributed by atoms with Gasteiger partial charge in [-0.2, -0.15) is 5.01 Å². The van der Waals surface area contributed by atoms with Crippen molar-refractivity contribution in [2.45, 2.75) is 38.1 Å². The number of piperidine rings is 1. The summed E-state index contributed by atoms with van der Waals surface area (Å²) >= 11 is 0. The van der Waals surface area contributed by atoms with Crippen molar-refractivity contribution in [3.8, 4) is 0 Å². The van der Waals surface area contributed by atoms with Crippen molar-refractivity contribution in [1.82, 2.24) is 15.3 Å². The summed E-state index contributed by atoms with van der Waals surface area (Å²) in [6, 6.07) is 9.51. The lowest BCUT2D eigenvalue weighted by molar-refractivity contribution is -0.167. The molecule has 1 atom stereocenters. The molecular weight excluding hydrogens is 474 g/mol. The Morgan fingerprint density at radius 2 is 1.63 bits per heavy atom. The fraction of sp³-hybridized carbons (Fsp3) is 0.292. The molecule has 0 spiro atoms. The van der Waals surface area contributed by atoms with Crippen molar-refractivity contribution in [1.29, 1.82) is 0 Å². The van der Waals surface area contributed by atoms with Crippen LogP contribution in [-0.2, 0) is 26.0 Å². The van der Waals surface area contributed by atoms with Crippen LogP contribution in [0.15, 0.2) is 47.4 Å². The van der Waals surface area contributed by atoms with Crippen LogP contribution in [0.1, 0.15) is 63.3 Å². The van der Waals surface area contributed by atoms with Crippen molar-refractivity contribution in [3.05, 3.63) is 64.7 Å². The number of nitrogens with one attached hydrogen (secondary N) is 1. The van der Waals surface area contributed by atoms with Gasteiger partial charge in [-0.05, 0) is 48.4 Å². The summed E-state index contributed by atoms with van der Waals surface area (Å²) in [4.78, 5) is 63.1. The third-order valence-electron chi connectivity index (χ3n) is 6.14. The van der Waals surface area contributed by atoms with Crippen LogP contribution in [0.5, 0.6) is 0 Å². The second-order valence-corrected chi connectivity index (χ2v) is 10.7. The largest absolute Gasteiger partial charge is 0.288 e. The second kappa shape index (κ2) is 9.06. The molecule has 2 aliphatic heterocycles. The molecule has 4 rings (SSSR count). The van der Waals surface area contributed by atoms with E-state index < -0.39 is 39.4 Å². The SMILES string of the molecule is CCS(=O)(=O)c1ccc(C(=O)NC(=O)c2ccc3c(c2)C(=O)N(N2C(=O)CCC(C)C2=O)C3)cc1. The molecular formula is C24H23N3O7S. The molecule has 11 heteroatoms. The maximum Gasteiger partial charge on any atom is 0.273 e. The normalized spacial score (nSPS) is 18.0. The summed E-state index contributed by atoms with van der Waals surface area (Å²) in [7, 11) is -3.42. The predicted octanol–water partition coefficient (Wildman–Crippen LogP) is 1.71. The number of imide groups is 2. The van der Waals surface area contributed by atoms with Crippen molar-refractivity contribution >= 4 is 39.4 Å². The van der Waals surface area contributed by atoms with Crippen molar-refractivity contribution in [2.24, 2.45) is 5.92 Å². The molecule has 1 fully saturated rings. The molecule has 0 aliphatic carbocycles. The Bertz CT molecular complexity index is 1370. The highest BCUT2D eigenvalue weighted by Crippen LogP contribution is 2.29. The van der Waals surface area contributed by atoms with Gasteiger partial charge in [0.2, 0.25) is 5.91 Å². The number of hydrogen-bond donors (Lipinski definition) is 1. The van der Waals surface area contributed by atoms with Crippen LogP contribution in [0.4, 0.5) is 0 Å². The van der Waals surface area contributed by atoms with Crippen molar-refractivity contribution in [2.75, 3.05) is 5.75 Å². The quantitative estimate of drug-likeness (QED) is 0.621. The standard InChI is InChI=1S/C24H23N3O7S/c1-3-35(33,34)18-9-7-15(8-10-18)21(29)25-22(30)16-5-6-17-13-26(24(32)19(17)12-16)27-20(28)11-4-14(2)23(27)31/h5-10,12,14H,3-4,11,13H2,1-2H3,(H,25,29,30). The van der Waals surface area contributed by atoms with E-state index in [1.807, 2.05) is 0 Å². The van der Waals surface area contributed by atoms with E-state index in [1.54, 1.807) is 13.0 Å². The fourth-order valence-electron chi connectivity index (χ4n) is 3.97. The minimum Gasteiger partial charge on any atom is -0.288 e.